The Labute approximate surface area is 145 Å². The van der Waals surface area contributed by atoms with E-state index >= 15 is 0 Å². The second kappa shape index (κ2) is 8.71. The highest BCUT2D eigenvalue weighted by Gasteiger charge is 2.37. The molecule has 0 aromatic carbocycles. The van der Waals surface area contributed by atoms with E-state index in [9.17, 15) is 0 Å². The van der Waals surface area contributed by atoms with E-state index in [2.05, 4.69) is 47.7 Å². The molecule has 0 aromatic heterocycles. The molecule has 2 rings (SSSR count). The van der Waals surface area contributed by atoms with Crippen LogP contribution in [0.25, 0.3) is 0 Å². The van der Waals surface area contributed by atoms with Crippen LogP contribution in [0, 0.1) is 11.8 Å². The Bertz CT molecular complexity index is 322. The molecule has 1 aliphatic carbocycles. The molecule has 0 radical (unpaired) electrons. The van der Waals surface area contributed by atoms with Crippen molar-refractivity contribution in [3.8, 4) is 0 Å². The van der Waals surface area contributed by atoms with Crippen molar-refractivity contribution in [2.75, 3.05) is 25.9 Å². The number of hydrogen-bond donors (Lipinski definition) is 1. The lowest BCUT2D eigenvalue weighted by Crippen LogP contribution is -2.49. The third-order valence-corrected chi connectivity index (χ3v) is 5.78. The summed E-state index contributed by atoms with van der Waals surface area (Å²) in [5, 5.41) is 4.42. The fourth-order valence-corrected chi connectivity index (χ4v) is 4.15. The highest BCUT2D eigenvalue weighted by Crippen LogP contribution is 2.35. The SMILES string of the molecule is CCCC1CC1NC(=NC)N1CCSC(C(C)C)C1.I. The van der Waals surface area contributed by atoms with Gasteiger partial charge < -0.3 is 10.2 Å². The van der Waals surface area contributed by atoms with Crippen LogP contribution < -0.4 is 5.32 Å². The normalized spacial score (nSPS) is 30.1. The van der Waals surface area contributed by atoms with E-state index in [0.717, 1.165) is 36.1 Å². The molecule has 3 unspecified atom stereocenters. The molecular weight excluding hydrogens is 381 g/mol. The first-order valence-electron chi connectivity index (χ1n) is 7.75. The summed E-state index contributed by atoms with van der Waals surface area (Å²) in [6.07, 6.45) is 4.00. The van der Waals surface area contributed by atoms with Crippen LogP contribution in [0.3, 0.4) is 0 Å². The minimum Gasteiger partial charge on any atom is -0.353 e. The smallest absolute Gasteiger partial charge is 0.193 e. The van der Waals surface area contributed by atoms with Gasteiger partial charge in [0.15, 0.2) is 5.96 Å². The van der Waals surface area contributed by atoms with Gasteiger partial charge in [-0.15, -0.1) is 24.0 Å². The number of hydrogen-bond acceptors (Lipinski definition) is 2. The molecule has 2 aliphatic rings. The maximum atomic E-state index is 4.50. The summed E-state index contributed by atoms with van der Waals surface area (Å²) in [6, 6.07) is 0.686. The van der Waals surface area contributed by atoms with Crippen LogP contribution in [-0.4, -0.2) is 48.0 Å². The molecule has 20 heavy (non-hydrogen) atoms. The monoisotopic (exact) mass is 411 g/mol. The number of nitrogens with one attached hydrogen (secondary N) is 1. The molecule has 0 bridgehead atoms. The summed E-state index contributed by atoms with van der Waals surface area (Å²) in [5.74, 6) is 4.00. The van der Waals surface area contributed by atoms with Gasteiger partial charge in [0.05, 0.1) is 0 Å². The van der Waals surface area contributed by atoms with Gasteiger partial charge in [-0.3, -0.25) is 4.99 Å². The van der Waals surface area contributed by atoms with Gasteiger partial charge in [-0.05, 0) is 24.7 Å². The Hall–Kier alpha value is 0.350. The van der Waals surface area contributed by atoms with E-state index < -0.39 is 0 Å². The quantitative estimate of drug-likeness (QED) is 0.436. The van der Waals surface area contributed by atoms with Crippen molar-refractivity contribution in [3.63, 3.8) is 0 Å². The number of halogens is 1. The van der Waals surface area contributed by atoms with E-state index in [4.69, 9.17) is 0 Å². The number of thioether (sulfide) groups is 1. The average Bonchev–Trinajstić information content (AvgIpc) is 3.14. The van der Waals surface area contributed by atoms with Gasteiger partial charge >= 0.3 is 0 Å². The lowest BCUT2D eigenvalue weighted by molar-refractivity contribution is 0.379. The molecule has 0 amide bonds. The number of nitrogens with zero attached hydrogens (tertiary/aromatic N) is 2. The Balaban J connectivity index is 0.00000200. The molecule has 1 saturated heterocycles. The van der Waals surface area contributed by atoms with Crippen LogP contribution in [0.2, 0.25) is 0 Å². The van der Waals surface area contributed by atoms with E-state index in [1.165, 1.54) is 25.0 Å². The molecule has 3 nitrogen and oxygen atoms in total. The van der Waals surface area contributed by atoms with Crippen molar-refractivity contribution in [1.29, 1.82) is 0 Å². The standard InChI is InChI=1S/C15H29N3S.HI/c1-5-6-12-9-13(12)17-15(16-4)18-7-8-19-14(10-18)11(2)3;/h11-14H,5-10H2,1-4H3,(H,16,17);1H. The highest BCUT2D eigenvalue weighted by molar-refractivity contribution is 14.0. The minimum absolute atomic E-state index is 0. The largest absolute Gasteiger partial charge is 0.353 e. The molecule has 0 aromatic rings. The van der Waals surface area contributed by atoms with E-state index in [1.54, 1.807) is 0 Å². The maximum absolute atomic E-state index is 4.50. The van der Waals surface area contributed by atoms with Gasteiger partial charge in [-0.25, -0.2) is 0 Å². The maximum Gasteiger partial charge on any atom is 0.193 e. The predicted molar refractivity (Wildman–Crippen MR) is 101 cm³/mol. The lowest BCUT2D eigenvalue weighted by Gasteiger charge is -2.36. The number of rotatable bonds is 4. The van der Waals surface area contributed by atoms with Crippen molar-refractivity contribution in [2.24, 2.45) is 16.8 Å². The minimum atomic E-state index is 0. The van der Waals surface area contributed by atoms with Gasteiger partial charge in [0.1, 0.15) is 0 Å². The van der Waals surface area contributed by atoms with Gasteiger partial charge in [0.2, 0.25) is 0 Å². The number of guanidine groups is 1. The van der Waals surface area contributed by atoms with Crippen LogP contribution >= 0.6 is 35.7 Å². The second-order valence-electron chi connectivity index (χ2n) is 6.18. The third kappa shape index (κ3) is 4.97. The van der Waals surface area contributed by atoms with Gasteiger partial charge in [0.25, 0.3) is 0 Å². The molecular formula is C15H30IN3S. The molecule has 0 spiro atoms. The first-order chi connectivity index (χ1) is 9.15. The van der Waals surface area contributed by atoms with Crippen LogP contribution in [0.1, 0.15) is 40.0 Å². The molecule has 3 atom stereocenters. The molecule has 1 saturated carbocycles. The third-order valence-electron chi connectivity index (χ3n) is 4.24. The molecule has 2 fully saturated rings. The highest BCUT2D eigenvalue weighted by atomic mass is 127. The fourth-order valence-electron chi connectivity index (χ4n) is 2.85. The summed E-state index contributed by atoms with van der Waals surface area (Å²) < 4.78 is 0. The molecule has 1 aliphatic heterocycles. The second-order valence-corrected chi connectivity index (χ2v) is 7.53. The first kappa shape index (κ1) is 18.4. The Morgan fingerprint density at radius 2 is 2.20 bits per heavy atom. The fraction of sp³-hybridized carbons (Fsp3) is 0.933. The van der Waals surface area contributed by atoms with Crippen molar-refractivity contribution in [3.05, 3.63) is 0 Å². The van der Waals surface area contributed by atoms with Crippen molar-refractivity contribution in [1.82, 2.24) is 10.2 Å². The van der Waals surface area contributed by atoms with Gasteiger partial charge in [-0.2, -0.15) is 11.8 Å². The van der Waals surface area contributed by atoms with Crippen molar-refractivity contribution >= 4 is 41.7 Å². The Morgan fingerprint density at radius 3 is 2.80 bits per heavy atom. The van der Waals surface area contributed by atoms with Gasteiger partial charge in [-0.1, -0.05) is 27.2 Å². The molecule has 118 valence electrons. The van der Waals surface area contributed by atoms with Gasteiger partial charge in [0, 0.05) is 37.2 Å². The van der Waals surface area contributed by atoms with Crippen LogP contribution in [0.4, 0.5) is 0 Å². The van der Waals surface area contributed by atoms with Crippen LogP contribution in [-0.2, 0) is 0 Å². The summed E-state index contributed by atoms with van der Waals surface area (Å²) in [7, 11) is 1.92. The van der Waals surface area contributed by atoms with Crippen LogP contribution in [0.5, 0.6) is 0 Å². The summed E-state index contributed by atoms with van der Waals surface area (Å²) in [4.78, 5) is 6.96. The predicted octanol–water partition coefficient (Wildman–Crippen LogP) is 3.44. The molecule has 1 N–H and O–H groups in total. The van der Waals surface area contributed by atoms with E-state index in [0.29, 0.717) is 6.04 Å². The van der Waals surface area contributed by atoms with E-state index in [-0.39, 0.29) is 24.0 Å². The van der Waals surface area contributed by atoms with Crippen molar-refractivity contribution < 1.29 is 0 Å². The zero-order valence-corrected chi connectivity index (χ0v) is 16.4. The lowest BCUT2D eigenvalue weighted by atomic mass is 10.1. The van der Waals surface area contributed by atoms with Crippen molar-refractivity contribution in [2.45, 2.75) is 51.3 Å². The zero-order valence-electron chi connectivity index (χ0n) is 13.3. The molecule has 5 heteroatoms. The number of aliphatic imine (C=N–C) groups is 1. The molecule has 1 heterocycles. The topological polar surface area (TPSA) is 27.6 Å². The summed E-state index contributed by atoms with van der Waals surface area (Å²) in [5.41, 5.74) is 0. The Kier molecular flexibility index (Phi) is 8.01. The first-order valence-corrected chi connectivity index (χ1v) is 8.80. The summed E-state index contributed by atoms with van der Waals surface area (Å²) >= 11 is 2.12. The Morgan fingerprint density at radius 1 is 1.45 bits per heavy atom. The van der Waals surface area contributed by atoms with Crippen LogP contribution in [0.15, 0.2) is 4.99 Å². The zero-order chi connectivity index (χ0) is 13.8. The average molecular weight is 411 g/mol. The summed E-state index contributed by atoms with van der Waals surface area (Å²) in [6.45, 7) is 9.22. The van der Waals surface area contributed by atoms with E-state index in [1.807, 2.05) is 7.05 Å².